The maximum Gasteiger partial charge on any atom is 0.418 e. The van der Waals surface area contributed by atoms with Crippen LogP contribution >= 0.6 is 0 Å². The van der Waals surface area contributed by atoms with E-state index in [1.165, 1.54) is 37.4 Å². The molecule has 1 aromatic carbocycles. The monoisotopic (exact) mass is 410 g/mol. The molecule has 2 aromatic rings. The number of benzene rings is 1. The minimum Gasteiger partial charge on any atom is -0.322 e. The summed E-state index contributed by atoms with van der Waals surface area (Å²) < 4.78 is 66.5. The van der Waals surface area contributed by atoms with Crippen LogP contribution in [0.1, 0.15) is 23.6 Å². The Morgan fingerprint density at radius 1 is 1.21 bits per heavy atom. The molecule has 0 spiro atoms. The summed E-state index contributed by atoms with van der Waals surface area (Å²) in [5, 5.41) is 2.30. The van der Waals surface area contributed by atoms with Crippen molar-refractivity contribution in [3.63, 3.8) is 0 Å². The highest BCUT2D eigenvalue weighted by Gasteiger charge is 2.33. The van der Waals surface area contributed by atoms with Gasteiger partial charge >= 0.3 is 6.18 Å². The molecule has 0 atom stereocenters. The number of nitrogens with zero attached hydrogens (tertiary/aromatic N) is 1. The molecule has 1 aromatic heterocycles. The molecule has 0 aliphatic rings. The molecule has 1 amide bonds. The van der Waals surface area contributed by atoms with E-state index in [1.54, 1.807) is 0 Å². The van der Waals surface area contributed by atoms with Crippen molar-refractivity contribution in [2.45, 2.75) is 19.5 Å². The minimum absolute atomic E-state index is 0.00542. The molecule has 0 aliphatic carbocycles. The lowest BCUT2D eigenvalue weighted by atomic mass is 10.0. The lowest BCUT2D eigenvalue weighted by molar-refractivity contribution is -0.138. The van der Waals surface area contributed by atoms with Crippen LogP contribution in [-0.4, -0.2) is 10.9 Å². The molecular weight excluding hydrogens is 391 g/mol. The molecular formula is C21H19F5N2O. The molecule has 0 aliphatic heterocycles. The van der Waals surface area contributed by atoms with Gasteiger partial charge in [0.1, 0.15) is 11.6 Å². The molecule has 1 heterocycles. The number of rotatable bonds is 5. The van der Waals surface area contributed by atoms with Gasteiger partial charge in [0.2, 0.25) is 0 Å². The van der Waals surface area contributed by atoms with Crippen LogP contribution in [-0.2, 0) is 17.4 Å². The molecule has 3 nitrogen and oxygen atoms in total. The van der Waals surface area contributed by atoms with E-state index in [2.05, 4.69) is 30.0 Å². The van der Waals surface area contributed by atoms with Gasteiger partial charge in [0.25, 0.3) is 5.91 Å². The van der Waals surface area contributed by atoms with Crippen LogP contribution < -0.4 is 5.32 Å². The van der Waals surface area contributed by atoms with Crippen LogP contribution in [0.5, 0.6) is 0 Å². The topological polar surface area (TPSA) is 42.0 Å². The van der Waals surface area contributed by atoms with Crippen molar-refractivity contribution in [2.75, 3.05) is 5.32 Å². The summed E-state index contributed by atoms with van der Waals surface area (Å²) in [6.07, 6.45) is -1.82. The number of anilines is 1. The van der Waals surface area contributed by atoms with Gasteiger partial charge < -0.3 is 5.32 Å². The zero-order valence-corrected chi connectivity index (χ0v) is 15.6. The quantitative estimate of drug-likeness (QED) is 0.284. The van der Waals surface area contributed by atoms with Gasteiger partial charge in [0.15, 0.2) is 0 Å². The van der Waals surface area contributed by atoms with E-state index < -0.39 is 29.3 Å². The highest BCUT2D eigenvalue weighted by Crippen LogP contribution is 2.32. The van der Waals surface area contributed by atoms with Crippen LogP contribution in [0.2, 0.25) is 0 Å². The van der Waals surface area contributed by atoms with Crippen LogP contribution in [0.15, 0.2) is 73.9 Å². The number of hydrogen-bond acceptors (Lipinski definition) is 2. The summed E-state index contributed by atoms with van der Waals surface area (Å²) in [5.41, 5.74) is -1.33. The van der Waals surface area contributed by atoms with Gasteiger partial charge in [-0.1, -0.05) is 18.7 Å². The predicted octanol–water partition coefficient (Wildman–Crippen LogP) is 6.00. The largest absolute Gasteiger partial charge is 0.418 e. The average Bonchev–Trinajstić information content (AvgIpc) is 2.65. The first-order chi connectivity index (χ1) is 13.6. The highest BCUT2D eigenvalue weighted by atomic mass is 19.4. The standard InChI is InChI=1S/C19H15F5N2O.C2H4/c1-3-15(11(2)20)18(27)26-14-5-4-13(17(21)9-14)8-12-6-7-25-10-16(12)19(22,23)24;1-2/h3-7,9-10H,2,8H2,1H3,(H,26,27);1-2H2/b15-3+;. The third-order valence-corrected chi connectivity index (χ3v) is 3.73. The van der Waals surface area contributed by atoms with Gasteiger partial charge in [-0.3, -0.25) is 9.78 Å². The number of hydrogen-bond donors (Lipinski definition) is 1. The average molecular weight is 410 g/mol. The third kappa shape index (κ3) is 6.38. The number of allylic oxidation sites excluding steroid dienone is 1. The Bertz CT molecular complexity index is 920. The molecule has 1 N–H and O–H groups in total. The molecule has 0 radical (unpaired) electrons. The first-order valence-corrected chi connectivity index (χ1v) is 8.24. The number of halogens is 5. The SMILES string of the molecule is C=C.C=C(F)/C(=C\C)C(=O)Nc1ccc(Cc2ccncc2C(F)(F)F)c(F)c1. The van der Waals surface area contributed by atoms with Crippen LogP contribution in [0.25, 0.3) is 0 Å². The molecule has 154 valence electrons. The number of nitrogens with one attached hydrogen (secondary N) is 1. The number of alkyl halides is 3. The predicted molar refractivity (Wildman–Crippen MR) is 102 cm³/mol. The fourth-order valence-electron chi connectivity index (χ4n) is 2.42. The van der Waals surface area contributed by atoms with Crippen molar-refractivity contribution in [1.82, 2.24) is 4.98 Å². The summed E-state index contributed by atoms with van der Waals surface area (Å²) in [7, 11) is 0. The van der Waals surface area contributed by atoms with E-state index in [1.807, 2.05) is 0 Å². The van der Waals surface area contributed by atoms with Gasteiger partial charge in [0.05, 0.1) is 11.1 Å². The fourth-order valence-corrected chi connectivity index (χ4v) is 2.42. The highest BCUT2D eigenvalue weighted by molar-refractivity contribution is 6.06. The number of amides is 1. The Labute approximate surface area is 165 Å². The van der Waals surface area contributed by atoms with E-state index in [4.69, 9.17) is 0 Å². The lowest BCUT2D eigenvalue weighted by Crippen LogP contribution is -2.15. The van der Waals surface area contributed by atoms with E-state index >= 15 is 0 Å². The Kier molecular flexibility index (Phi) is 8.44. The van der Waals surface area contributed by atoms with E-state index in [-0.39, 0.29) is 28.8 Å². The van der Waals surface area contributed by atoms with Crippen LogP contribution in [0.4, 0.5) is 27.6 Å². The molecule has 0 unspecified atom stereocenters. The van der Waals surface area contributed by atoms with E-state index in [0.717, 1.165) is 6.07 Å². The Balaban J connectivity index is 0.00000204. The summed E-state index contributed by atoms with van der Waals surface area (Å²) in [6, 6.07) is 4.70. The normalized spacial score (nSPS) is 11.3. The van der Waals surface area contributed by atoms with Crippen molar-refractivity contribution in [3.8, 4) is 0 Å². The Hall–Kier alpha value is -3.29. The number of aromatic nitrogens is 1. The van der Waals surface area contributed by atoms with Gasteiger partial charge in [-0.15, -0.1) is 13.2 Å². The molecule has 0 fully saturated rings. The molecule has 8 heteroatoms. The van der Waals surface area contributed by atoms with Gasteiger partial charge in [0, 0.05) is 24.5 Å². The van der Waals surface area contributed by atoms with E-state index in [0.29, 0.717) is 6.20 Å². The fraction of sp³-hybridized carbons (Fsp3) is 0.143. The molecule has 0 saturated carbocycles. The Morgan fingerprint density at radius 2 is 1.86 bits per heavy atom. The second-order valence-corrected chi connectivity index (χ2v) is 5.57. The van der Waals surface area contributed by atoms with Crippen molar-refractivity contribution in [1.29, 1.82) is 0 Å². The molecule has 0 bridgehead atoms. The molecule has 2 rings (SSSR count). The number of carbonyl (C=O) groups is 1. The summed E-state index contributed by atoms with van der Waals surface area (Å²) in [5.74, 6) is -2.56. The number of pyridine rings is 1. The Morgan fingerprint density at radius 3 is 2.38 bits per heavy atom. The summed E-state index contributed by atoms with van der Waals surface area (Å²) in [6.45, 7) is 10.5. The zero-order chi connectivity index (χ0) is 22.2. The van der Waals surface area contributed by atoms with Gasteiger partial charge in [-0.2, -0.15) is 13.2 Å². The first kappa shape index (κ1) is 23.7. The van der Waals surface area contributed by atoms with Crippen molar-refractivity contribution in [2.24, 2.45) is 0 Å². The van der Waals surface area contributed by atoms with Crippen LogP contribution in [0, 0.1) is 5.82 Å². The number of carbonyl (C=O) groups excluding carboxylic acids is 1. The minimum atomic E-state index is -4.61. The summed E-state index contributed by atoms with van der Waals surface area (Å²) in [4.78, 5) is 15.3. The second kappa shape index (κ2) is 10.3. The smallest absolute Gasteiger partial charge is 0.322 e. The molecule has 0 saturated heterocycles. The maximum absolute atomic E-state index is 14.3. The molecule has 29 heavy (non-hydrogen) atoms. The second-order valence-electron chi connectivity index (χ2n) is 5.57. The third-order valence-electron chi connectivity index (χ3n) is 3.73. The van der Waals surface area contributed by atoms with Crippen LogP contribution in [0.3, 0.4) is 0 Å². The van der Waals surface area contributed by atoms with Gasteiger partial charge in [-0.05, 0) is 36.2 Å². The van der Waals surface area contributed by atoms with Crippen molar-refractivity contribution >= 4 is 11.6 Å². The summed E-state index contributed by atoms with van der Waals surface area (Å²) >= 11 is 0. The maximum atomic E-state index is 14.3. The van der Waals surface area contributed by atoms with Crippen molar-refractivity contribution in [3.05, 3.63) is 96.4 Å². The zero-order valence-electron chi connectivity index (χ0n) is 15.6. The van der Waals surface area contributed by atoms with E-state index in [9.17, 15) is 26.7 Å². The van der Waals surface area contributed by atoms with Crippen molar-refractivity contribution < 1.29 is 26.7 Å². The first-order valence-electron chi connectivity index (χ1n) is 8.24. The van der Waals surface area contributed by atoms with Gasteiger partial charge in [-0.25, -0.2) is 8.78 Å². The lowest BCUT2D eigenvalue weighted by Gasteiger charge is -2.13.